The van der Waals surface area contributed by atoms with E-state index in [1.165, 1.54) is 0 Å². The summed E-state index contributed by atoms with van der Waals surface area (Å²) in [5.41, 5.74) is 0.571. The number of anilines is 1. The molecule has 1 atom stereocenters. The molecule has 0 saturated carbocycles. The van der Waals surface area contributed by atoms with Gasteiger partial charge >= 0.3 is 0 Å². The van der Waals surface area contributed by atoms with Gasteiger partial charge in [-0.15, -0.1) is 0 Å². The second kappa shape index (κ2) is 6.12. The van der Waals surface area contributed by atoms with Crippen molar-refractivity contribution < 1.29 is 4.79 Å². The van der Waals surface area contributed by atoms with E-state index in [9.17, 15) is 4.79 Å². The molecule has 1 N–H and O–H groups in total. The van der Waals surface area contributed by atoms with Crippen molar-refractivity contribution in [1.29, 1.82) is 0 Å². The molecule has 1 aromatic carbocycles. The van der Waals surface area contributed by atoms with Crippen molar-refractivity contribution >= 4 is 34.8 Å². The molecule has 1 amide bonds. The third kappa shape index (κ3) is 3.39. The zero-order valence-corrected chi connectivity index (χ0v) is 10.9. The molecule has 88 valence electrons. The molecule has 0 saturated heterocycles. The fourth-order valence-electron chi connectivity index (χ4n) is 1.42. The third-order valence-corrected chi connectivity index (χ3v) is 3.20. The number of carbonyl (C=O) groups is 1. The molecule has 0 fully saturated rings. The molecular weight excluding hydrogens is 245 g/mol. The van der Waals surface area contributed by atoms with Crippen molar-refractivity contribution in [3.8, 4) is 0 Å². The van der Waals surface area contributed by atoms with Gasteiger partial charge in [0.1, 0.15) is 0 Å². The Morgan fingerprint density at radius 3 is 2.75 bits per heavy atom. The number of halogens is 2. The van der Waals surface area contributed by atoms with Crippen LogP contribution in [0.1, 0.15) is 26.7 Å². The molecular formula is C12H15Cl2NO. The molecule has 0 unspecified atom stereocenters. The Kier molecular flexibility index (Phi) is 5.10. The Hall–Kier alpha value is -0.730. The van der Waals surface area contributed by atoms with Gasteiger partial charge in [-0.25, -0.2) is 0 Å². The van der Waals surface area contributed by atoms with E-state index in [0.717, 1.165) is 12.8 Å². The van der Waals surface area contributed by atoms with Crippen molar-refractivity contribution in [3.63, 3.8) is 0 Å². The second-order valence-corrected chi connectivity index (χ2v) is 4.57. The topological polar surface area (TPSA) is 29.1 Å². The zero-order valence-electron chi connectivity index (χ0n) is 9.39. The standard InChI is InChI=1S/C12H15Cl2NO/c1-3-5-8(2)12(16)15-10-7-4-6-9(13)11(10)14/h4,6-8H,3,5H2,1-2H3,(H,15,16)/t8-/m0/s1. The highest BCUT2D eigenvalue weighted by molar-refractivity contribution is 6.43. The van der Waals surface area contributed by atoms with Crippen LogP contribution in [0.3, 0.4) is 0 Å². The Labute approximate surface area is 106 Å². The van der Waals surface area contributed by atoms with Crippen molar-refractivity contribution in [2.75, 3.05) is 5.32 Å². The molecule has 2 nitrogen and oxygen atoms in total. The van der Waals surface area contributed by atoms with Crippen LogP contribution in [0.4, 0.5) is 5.69 Å². The minimum Gasteiger partial charge on any atom is -0.324 e. The van der Waals surface area contributed by atoms with E-state index in [4.69, 9.17) is 23.2 Å². The van der Waals surface area contributed by atoms with Gasteiger partial charge in [0.15, 0.2) is 0 Å². The van der Waals surface area contributed by atoms with Crippen LogP contribution in [0.2, 0.25) is 10.0 Å². The van der Waals surface area contributed by atoms with Gasteiger partial charge in [0.05, 0.1) is 15.7 Å². The third-order valence-electron chi connectivity index (χ3n) is 2.38. The molecule has 1 aromatic rings. The monoisotopic (exact) mass is 259 g/mol. The van der Waals surface area contributed by atoms with Crippen LogP contribution in [0.15, 0.2) is 18.2 Å². The van der Waals surface area contributed by atoms with Crippen LogP contribution in [0.5, 0.6) is 0 Å². The lowest BCUT2D eigenvalue weighted by Crippen LogP contribution is -2.20. The summed E-state index contributed by atoms with van der Waals surface area (Å²) >= 11 is 11.8. The van der Waals surface area contributed by atoms with Crippen molar-refractivity contribution in [2.45, 2.75) is 26.7 Å². The molecule has 0 bridgehead atoms. The molecule has 0 heterocycles. The maximum Gasteiger partial charge on any atom is 0.227 e. The molecule has 0 aliphatic carbocycles. The summed E-state index contributed by atoms with van der Waals surface area (Å²) in [7, 11) is 0. The van der Waals surface area contributed by atoms with Crippen LogP contribution < -0.4 is 5.32 Å². The summed E-state index contributed by atoms with van der Waals surface area (Å²) in [4.78, 5) is 11.8. The first-order valence-corrected chi connectivity index (χ1v) is 6.06. The highest BCUT2D eigenvalue weighted by Gasteiger charge is 2.13. The smallest absolute Gasteiger partial charge is 0.227 e. The van der Waals surface area contributed by atoms with Crippen LogP contribution in [-0.2, 0) is 4.79 Å². The SMILES string of the molecule is CCC[C@H](C)C(=O)Nc1cccc(Cl)c1Cl. The summed E-state index contributed by atoms with van der Waals surface area (Å²) in [5, 5.41) is 3.62. The number of amides is 1. The van der Waals surface area contributed by atoms with Crippen LogP contribution >= 0.6 is 23.2 Å². The Morgan fingerprint density at radius 1 is 1.44 bits per heavy atom. The van der Waals surface area contributed by atoms with Crippen LogP contribution in [0.25, 0.3) is 0 Å². The predicted octanol–water partition coefficient (Wildman–Crippen LogP) is 4.37. The molecule has 0 aliphatic rings. The largest absolute Gasteiger partial charge is 0.324 e. The summed E-state index contributed by atoms with van der Waals surface area (Å²) in [6, 6.07) is 5.19. The highest BCUT2D eigenvalue weighted by atomic mass is 35.5. The van der Waals surface area contributed by atoms with E-state index in [1.807, 2.05) is 6.92 Å². The van der Waals surface area contributed by atoms with Gasteiger partial charge in [0.2, 0.25) is 5.91 Å². The zero-order chi connectivity index (χ0) is 12.1. The summed E-state index contributed by atoms with van der Waals surface area (Å²) in [5.74, 6) is -0.0361. The molecule has 0 spiro atoms. The number of hydrogen-bond acceptors (Lipinski definition) is 1. The lowest BCUT2D eigenvalue weighted by Gasteiger charge is -2.12. The van der Waals surface area contributed by atoms with Crippen molar-refractivity contribution in [1.82, 2.24) is 0 Å². The molecule has 4 heteroatoms. The summed E-state index contributed by atoms with van der Waals surface area (Å²) in [6.45, 7) is 3.95. The van der Waals surface area contributed by atoms with Gasteiger partial charge in [-0.2, -0.15) is 0 Å². The van der Waals surface area contributed by atoms with Crippen LogP contribution in [0, 0.1) is 5.92 Å². The first kappa shape index (κ1) is 13.3. The highest BCUT2D eigenvalue weighted by Crippen LogP contribution is 2.29. The fourth-order valence-corrected chi connectivity index (χ4v) is 1.77. The molecule has 1 rings (SSSR count). The lowest BCUT2D eigenvalue weighted by molar-refractivity contribution is -0.119. The van der Waals surface area contributed by atoms with Gasteiger partial charge in [-0.1, -0.05) is 49.5 Å². The molecule has 0 aromatic heterocycles. The van der Waals surface area contributed by atoms with E-state index in [0.29, 0.717) is 15.7 Å². The van der Waals surface area contributed by atoms with E-state index >= 15 is 0 Å². The van der Waals surface area contributed by atoms with Gasteiger partial charge in [-0.05, 0) is 18.6 Å². The van der Waals surface area contributed by atoms with E-state index < -0.39 is 0 Å². The van der Waals surface area contributed by atoms with Gasteiger partial charge < -0.3 is 5.32 Å². The van der Waals surface area contributed by atoms with Crippen molar-refractivity contribution in [3.05, 3.63) is 28.2 Å². The first-order chi connectivity index (χ1) is 7.56. The van der Waals surface area contributed by atoms with Gasteiger partial charge in [0, 0.05) is 5.92 Å². The quantitative estimate of drug-likeness (QED) is 0.855. The first-order valence-electron chi connectivity index (χ1n) is 5.31. The van der Waals surface area contributed by atoms with E-state index in [2.05, 4.69) is 12.2 Å². The second-order valence-electron chi connectivity index (χ2n) is 3.78. The minimum absolute atomic E-state index is 0.0138. The number of nitrogens with one attached hydrogen (secondary N) is 1. The van der Waals surface area contributed by atoms with Crippen LogP contribution in [-0.4, -0.2) is 5.91 Å². The number of hydrogen-bond donors (Lipinski definition) is 1. The van der Waals surface area contributed by atoms with E-state index in [1.54, 1.807) is 18.2 Å². The molecule has 16 heavy (non-hydrogen) atoms. The number of rotatable bonds is 4. The summed E-state index contributed by atoms with van der Waals surface area (Å²) < 4.78 is 0. The predicted molar refractivity (Wildman–Crippen MR) is 69.2 cm³/mol. The average Bonchev–Trinajstić information content (AvgIpc) is 2.25. The lowest BCUT2D eigenvalue weighted by atomic mass is 10.1. The Balaban J connectivity index is 2.73. The maximum absolute atomic E-state index is 11.8. The van der Waals surface area contributed by atoms with E-state index in [-0.39, 0.29) is 11.8 Å². The number of benzene rings is 1. The average molecular weight is 260 g/mol. The molecule has 0 radical (unpaired) electrons. The normalized spacial score (nSPS) is 12.2. The Bertz CT molecular complexity index is 379. The molecule has 0 aliphatic heterocycles. The number of carbonyl (C=O) groups excluding carboxylic acids is 1. The van der Waals surface area contributed by atoms with Gasteiger partial charge in [0.25, 0.3) is 0 Å². The summed E-state index contributed by atoms with van der Waals surface area (Å²) in [6.07, 6.45) is 1.85. The fraction of sp³-hybridized carbons (Fsp3) is 0.417. The Morgan fingerprint density at radius 2 is 2.12 bits per heavy atom. The van der Waals surface area contributed by atoms with Gasteiger partial charge in [-0.3, -0.25) is 4.79 Å². The minimum atomic E-state index is -0.0222. The van der Waals surface area contributed by atoms with Crippen molar-refractivity contribution in [2.24, 2.45) is 5.92 Å². The maximum atomic E-state index is 11.8.